The van der Waals surface area contributed by atoms with E-state index in [1.165, 1.54) is 5.56 Å². The molecule has 0 saturated carbocycles. The Morgan fingerprint density at radius 2 is 2.19 bits per heavy atom. The summed E-state index contributed by atoms with van der Waals surface area (Å²) in [5.41, 5.74) is 2.26. The zero-order valence-corrected chi connectivity index (χ0v) is 16.5. The van der Waals surface area contributed by atoms with E-state index in [-0.39, 0.29) is 17.9 Å². The summed E-state index contributed by atoms with van der Waals surface area (Å²) in [5.74, 6) is 1.01. The van der Waals surface area contributed by atoms with Gasteiger partial charge in [0.25, 0.3) is 0 Å². The van der Waals surface area contributed by atoms with E-state index in [1.54, 1.807) is 18.4 Å². The highest BCUT2D eigenvalue weighted by molar-refractivity contribution is 7.07. The fourth-order valence-corrected chi connectivity index (χ4v) is 4.04. The molecule has 5 nitrogen and oxygen atoms in total. The molecule has 1 N–H and O–H groups in total. The van der Waals surface area contributed by atoms with Crippen LogP contribution in [-0.4, -0.2) is 36.4 Å². The van der Waals surface area contributed by atoms with Crippen molar-refractivity contribution in [2.45, 2.75) is 44.7 Å². The van der Waals surface area contributed by atoms with E-state index in [2.05, 4.69) is 16.8 Å². The topological polar surface area (TPSA) is 58.6 Å². The summed E-state index contributed by atoms with van der Waals surface area (Å²) in [6.07, 6.45) is 3.23. The van der Waals surface area contributed by atoms with Crippen LogP contribution in [0.25, 0.3) is 0 Å². The highest BCUT2D eigenvalue weighted by atomic mass is 32.1. The van der Waals surface area contributed by atoms with Gasteiger partial charge in [-0.3, -0.25) is 9.59 Å². The second kappa shape index (κ2) is 9.55. The number of thiophene rings is 1. The molecule has 2 amide bonds. The third kappa shape index (κ3) is 5.82. The molecule has 2 heterocycles. The molecule has 1 atom stereocenters. The summed E-state index contributed by atoms with van der Waals surface area (Å²) in [4.78, 5) is 26.6. The summed E-state index contributed by atoms with van der Waals surface area (Å²) in [6, 6.07) is 9.92. The molecule has 144 valence electrons. The molecule has 0 radical (unpaired) electrons. The van der Waals surface area contributed by atoms with Crippen LogP contribution in [0, 0.1) is 0 Å². The molecular weight excluding hydrogens is 360 g/mol. The fourth-order valence-electron chi connectivity index (χ4n) is 3.33. The first kappa shape index (κ1) is 19.4. The van der Waals surface area contributed by atoms with E-state index in [4.69, 9.17) is 4.74 Å². The maximum atomic E-state index is 12.5. The van der Waals surface area contributed by atoms with Crippen LogP contribution in [0.3, 0.4) is 0 Å². The number of likely N-dealkylation sites (tertiary alicyclic amines) is 1. The molecule has 1 aromatic carbocycles. The van der Waals surface area contributed by atoms with Gasteiger partial charge < -0.3 is 15.0 Å². The Bertz CT molecular complexity index is 761. The van der Waals surface area contributed by atoms with Crippen LogP contribution in [0.4, 0.5) is 0 Å². The van der Waals surface area contributed by atoms with Gasteiger partial charge in [0.15, 0.2) is 0 Å². The Hall–Kier alpha value is -2.34. The fraction of sp³-hybridized carbons (Fsp3) is 0.429. The van der Waals surface area contributed by atoms with Crippen LogP contribution in [0.5, 0.6) is 5.75 Å². The van der Waals surface area contributed by atoms with Crippen LogP contribution in [-0.2, 0) is 22.6 Å². The molecule has 6 heteroatoms. The maximum Gasteiger partial charge on any atom is 0.222 e. The van der Waals surface area contributed by atoms with Crippen molar-refractivity contribution in [1.82, 2.24) is 10.2 Å². The number of aryl methyl sites for hydroxylation is 1. The van der Waals surface area contributed by atoms with Crippen LogP contribution in [0.15, 0.2) is 41.1 Å². The summed E-state index contributed by atoms with van der Waals surface area (Å²) in [6.45, 7) is 1.24. The molecule has 1 saturated heterocycles. The van der Waals surface area contributed by atoms with Crippen molar-refractivity contribution in [3.05, 3.63) is 52.2 Å². The van der Waals surface area contributed by atoms with Crippen molar-refractivity contribution in [3.8, 4) is 5.75 Å². The third-order valence-electron chi connectivity index (χ3n) is 4.90. The number of methoxy groups -OCH3 is 1. The first-order valence-electron chi connectivity index (χ1n) is 9.35. The number of carbonyl (C=O) groups is 2. The van der Waals surface area contributed by atoms with E-state index < -0.39 is 0 Å². The zero-order chi connectivity index (χ0) is 19.1. The number of ether oxygens (including phenoxy) is 1. The van der Waals surface area contributed by atoms with Gasteiger partial charge in [0.05, 0.1) is 7.11 Å². The number of benzene rings is 1. The van der Waals surface area contributed by atoms with E-state index in [0.717, 1.165) is 24.2 Å². The highest BCUT2D eigenvalue weighted by Gasteiger charge is 2.23. The molecule has 1 aromatic heterocycles. The molecule has 2 aromatic rings. The van der Waals surface area contributed by atoms with Crippen LogP contribution < -0.4 is 10.1 Å². The summed E-state index contributed by atoms with van der Waals surface area (Å²) in [7, 11) is 1.64. The maximum absolute atomic E-state index is 12.5. The predicted molar refractivity (Wildman–Crippen MR) is 107 cm³/mol. The van der Waals surface area contributed by atoms with Crippen LogP contribution in [0.2, 0.25) is 0 Å². The first-order chi connectivity index (χ1) is 13.1. The summed E-state index contributed by atoms with van der Waals surface area (Å²) < 4.78 is 5.26. The number of nitrogens with zero attached hydrogens (tertiary/aromatic N) is 1. The predicted octanol–water partition coefficient (Wildman–Crippen LogP) is 3.39. The average Bonchev–Trinajstić information content (AvgIpc) is 3.15. The van der Waals surface area contributed by atoms with Gasteiger partial charge in [-0.2, -0.15) is 11.3 Å². The van der Waals surface area contributed by atoms with Gasteiger partial charge in [-0.15, -0.1) is 0 Å². The molecule has 0 aliphatic carbocycles. The van der Waals surface area contributed by atoms with Crippen molar-refractivity contribution in [2.75, 3.05) is 13.7 Å². The largest absolute Gasteiger partial charge is 0.497 e. The van der Waals surface area contributed by atoms with Gasteiger partial charge >= 0.3 is 0 Å². The SMILES string of the molecule is COc1cccc(CN2CCC(NC(=O)CCc3ccsc3)CCC2=O)c1. The molecule has 3 rings (SSSR count). The molecule has 27 heavy (non-hydrogen) atoms. The second-order valence-electron chi connectivity index (χ2n) is 6.89. The monoisotopic (exact) mass is 386 g/mol. The molecule has 1 fully saturated rings. The minimum atomic E-state index is 0.0687. The number of nitrogens with one attached hydrogen (secondary N) is 1. The lowest BCUT2D eigenvalue weighted by atomic mass is 10.1. The molecule has 0 spiro atoms. The van der Waals surface area contributed by atoms with Crippen molar-refractivity contribution < 1.29 is 14.3 Å². The quantitative estimate of drug-likeness (QED) is 0.794. The van der Waals surface area contributed by atoms with Crippen molar-refractivity contribution in [3.63, 3.8) is 0 Å². The lowest BCUT2D eigenvalue weighted by Gasteiger charge is -2.21. The molecule has 1 unspecified atom stereocenters. The lowest BCUT2D eigenvalue weighted by Crippen LogP contribution is -2.36. The third-order valence-corrected chi connectivity index (χ3v) is 5.63. The normalized spacial score (nSPS) is 17.4. The molecule has 1 aliphatic rings. The van der Waals surface area contributed by atoms with E-state index in [1.807, 2.05) is 34.5 Å². The van der Waals surface area contributed by atoms with E-state index >= 15 is 0 Å². The standard InChI is InChI=1S/C21H26N2O3S/c1-26-19-4-2-3-17(13-19)14-23-11-9-18(6-8-21(23)25)22-20(24)7-5-16-10-12-27-15-16/h2-4,10,12-13,15,18H,5-9,11,14H2,1H3,(H,22,24). The first-order valence-corrected chi connectivity index (χ1v) is 10.3. The zero-order valence-electron chi connectivity index (χ0n) is 15.6. The number of hydrogen-bond donors (Lipinski definition) is 1. The Kier molecular flexibility index (Phi) is 6.87. The van der Waals surface area contributed by atoms with Crippen molar-refractivity contribution in [1.29, 1.82) is 0 Å². The minimum absolute atomic E-state index is 0.0687. The molecule has 0 bridgehead atoms. The number of amides is 2. The summed E-state index contributed by atoms with van der Waals surface area (Å²) >= 11 is 1.65. The number of carbonyl (C=O) groups excluding carboxylic acids is 2. The number of hydrogen-bond acceptors (Lipinski definition) is 4. The molecular formula is C21H26N2O3S. The van der Waals surface area contributed by atoms with Gasteiger partial charge in [-0.05, 0) is 59.3 Å². The van der Waals surface area contributed by atoms with Gasteiger partial charge in [0.2, 0.25) is 11.8 Å². The van der Waals surface area contributed by atoms with Crippen molar-refractivity contribution in [2.24, 2.45) is 0 Å². The van der Waals surface area contributed by atoms with Gasteiger partial charge in [-0.25, -0.2) is 0 Å². The Morgan fingerprint density at radius 1 is 1.30 bits per heavy atom. The van der Waals surface area contributed by atoms with Crippen LogP contribution in [0.1, 0.15) is 36.8 Å². The van der Waals surface area contributed by atoms with Crippen molar-refractivity contribution >= 4 is 23.2 Å². The second-order valence-corrected chi connectivity index (χ2v) is 7.67. The smallest absolute Gasteiger partial charge is 0.222 e. The Labute approximate surface area is 164 Å². The van der Waals surface area contributed by atoms with Gasteiger partial charge in [0, 0.05) is 32.0 Å². The number of rotatable bonds is 7. The Balaban J connectivity index is 1.49. The highest BCUT2D eigenvalue weighted by Crippen LogP contribution is 2.18. The lowest BCUT2D eigenvalue weighted by molar-refractivity contribution is -0.131. The summed E-state index contributed by atoms with van der Waals surface area (Å²) in [5, 5.41) is 7.22. The Morgan fingerprint density at radius 3 is 2.96 bits per heavy atom. The van der Waals surface area contributed by atoms with Gasteiger partial charge in [-0.1, -0.05) is 12.1 Å². The minimum Gasteiger partial charge on any atom is -0.497 e. The molecule has 1 aliphatic heterocycles. The average molecular weight is 387 g/mol. The van der Waals surface area contributed by atoms with Crippen LogP contribution >= 0.6 is 11.3 Å². The van der Waals surface area contributed by atoms with Gasteiger partial charge in [0.1, 0.15) is 5.75 Å². The van der Waals surface area contributed by atoms with E-state index in [0.29, 0.717) is 32.4 Å². The van der Waals surface area contributed by atoms with E-state index in [9.17, 15) is 9.59 Å².